The van der Waals surface area contributed by atoms with Gasteiger partial charge >= 0.3 is 0 Å². The van der Waals surface area contributed by atoms with Gasteiger partial charge < -0.3 is 9.13 Å². The van der Waals surface area contributed by atoms with E-state index in [1.165, 1.54) is 88.1 Å². The van der Waals surface area contributed by atoms with Crippen molar-refractivity contribution in [1.29, 1.82) is 0 Å². The van der Waals surface area contributed by atoms with Crippen LogP contribution in [-0.2, 0) is 0 Å². The van der Waals surface area contributed by atoms with E-state index in [2.05, 4.69) is 228 Å². The Morgan fingerprint density at radius 1 is 0.196 bits per heavy atom. The summed E-state index contributed by atoms with van der Waals surface area (Å²) >= 11 is 0. The second kappa shape index (κ2) is 13.2. The van der Waals surface area contributed by atoms with Crippen LogP contribution in [0.5, 0.6) is 0 Å². The van der Waals surface area contributed by atoms with Crippen LogP contribution in [0.25, 0.3) is 99.5 Å². The van der Waals surface area contributed by atoms with Crippen LogP contribution >= 0.6 is 0 Å². The first-order valence-corrected chi connectivity index (χ1v) is 19.3. The Labute approximate surface area is 325 Å². The highest BCUT2D eigenvalue weighted by Gasteiger charge is 2.16. The highest BCUT2D eigenvalue weighted by Crippen LogP contribution is 2.39. The third-order valence-electron chi connectivity index (χ3n) is 11.3. The molecule has 0 aliphatic rings. The summed E-state index contributed by atoms with van der Waals surface area (Å²) in [4.78, 5) is 0. The molecule has 0 spiro atoms. The van der Waals surface area contributed by atoms with Gasteiger partial charge in [0.25, 0.3) is 0 Å². The molecule has 11 aromatic rings. The van der Waals surface area contributed by atoms with Gasteiger partial charge in [-0.05, 0) is 105 Å². The average Bonchev–Trinajstić information content (AvgIpc) is 3.79. The Bertz CT molecular complexity index is 3200. The summed E-state index contributed by atoms with van der Waals surface area (Å²) in [6.07, 6.45) is 0. The Morgan fingerprint density at radius 2 is 0.554 bits per heavy atom. The number of hydrogen-bond acceptors (Lipinski definition) is 0. The van der Waals surface area contributed by atoms with Gasteiger partial charge in [0.05, 0.1) is 22.1 Å². The van der Waals surface area contributed by atoms with Crippen LogP contribution in [0.3, 0.4) is 0 Å². The van der Waals surface area contributed by atoms with Gasteiger partial charge in [-0.15, -0.1) is 0 Å². The van der Waals surface area contributed by atoms with Crippen molar-refractivity contribution in [2.24, 2.45) is 0 Å². The van der Waals surface area contributed by atoms with Crippen LogP contribution in [0.2, 0.25) is 0 Å². The SMILES string of the molecule is c1ccc(-c2ccc(-c3cccc(-n4c5ccccc5c5cc(-c6ccc7c(c6)c6ccccc6n7-c6ccc(-c7ccccc7)cc6)ccc54)c3)cc2)cc1. The van der Waals surface area contributed by atoms with E-state index in [9.17, 15) is 0 Å². The molecule has 0 saturated heterocycles. The molecule has 56 heavy (non-hydrogen) atoms. The molecule has 11 rings (SSSR count). The third kappa shape index (κ3) is 5.34. The van der Waals surface area contributed by atoms with Crippen molar-refractivity contribution in [1.82, 2.24) is 9.13 Å². The minimum absolute atomic E-state index is 1.15. The second-order valence-electron chi connectivity index (χ2n) is 14.6. The summed E-state index contributed by atoms with van der Waals surface area (Å²) in [5.41, 5.74) is 16.8. The topological polar surface area (TPSA) is 9.86 Å². The minimum atomic E-state index is 1.15. The molecular weight excluding hydrogens is 677 g/mol. The zero-order valence-electron chi connectivity index (χ0n) is 30.7. The lowest BCUT2D eigenvalue weighted by atomic mass is 10.00. The first-order valence-electron chi connectivity index (χ1n) is 19.3. The summed E-state index contributed by atoms with van der Waals surface area (Å²) in [5.74, 6) is 0. The highest BCUT2D eigenvalue weighted by atomic mass is 15.0. The number of aromatic nitrogens is 2. The van der Waals surface area contributed by atoms with E-state index < -0.39 is 0 Å². The van der Waals surface area contributed by atoms with Gasteiger partial charge in [0.1, 0.15) is 0 Å². The standard InChI is InChI=1S/C54H36N2/c1-3-12-37(13-4-1)39-22-24-41(25-23-39)42-16-11-17-46(34-42)56-52-21-10-8-19-48(52)50-36-44(29-33-54(50)56)43-28-32-53-49(35-43)47-18-7-9-20-51(47)55(53)45-30-26-40(27-31-45)38-14-5-2-6-15-38/h1-36H. The number of benzene rings is 9. The van der Waals surface area contributed by atoms with E-state index >= 15 is 0 Å². The van der Waals surface area contributed by atoms with Gasteiger partial charge in [0.15, 0.2) is 0 Å². The second-order valence-corrected chi connectivity index (χ2v) is 14.6. The van der Waals surface area contributed by atoms with E-state index in [1.54, 1.807) is 0 Å². The fraction of sp³-hybridized carbons (Fsp3) is 0. The van der Waals surface area contributed by atoms with Gasteiger partial charge in [-0.25, -0.2) is 0 Å². The van der Waals surface area contributed by atoms with E-state index in [1.807, 2.05) is 0 Å². The molecule has 0 aliphatic carbocycles. The predicted molar refractivity (Wildman–Crippen MR) is 237 cm³/mol. The molecule has 0 amide bonds. The quantitative estimate of drug-likeness (QED) is 0.162. The molecule has 262 valence electrons. The smallest absolute Gasteiger partial charge is 0.0541 e. The summed E-state index contributed by atoms with van der Waals surface area (Å²) < 4.78 is 4.81. The number of hydrogen-bond donors (Lipinski definition) is 0. The molecule has 0 aliphatic heterocycles. The Balaban J connectivity index is 0.991. The lowest BCUT2D eigenvalue weighted by Gasteiger charge is -2.11. The monoisotopic (exact) mass is 712 g/mol. The molecule has 0 fully saturated rings. The average molecular weight is 713 g/mol. The molecular formula is C54H36N2. The molecule has 2 heterocycles. The molecule has 0 atom stereocenters. The summed E-state index contributed by atoms with van der Waals surface area (Å²) in [7, 11) is 0. The number of para-hydroxylation sites is 2. The molecule has 0 radical (unpaired) electrons. The largest absolute Gasteiger partial charge is 0.309 e. The molecule has 0 saturated carbocycles. The van der Waals surface area contributed by atoms with Crippen molar-refractivity contribution in [2.45, 2.75) is 0 Å². The highest BCUT2D eigenvalue weighted by molar-refractivity contribution is 6.12. The van der Waals surface area contributed by atoms with Gasteiger partial charge in [0.2, 0.25) is 0 Å². The first-order chi connectivity index (χ1) is 27.8. The van der Waals surface area contributed by atoms with Crippen LogP contribution in [0.1, 0.15) is 0 Å². The lowest BCUT2D eigenvalue weighted by Crippen LogP contribution is -1.94. The van der Waals surface area contributed by atoms with Crippen molar-refractivity contribution in [2.75, 3.05) is 0 Å². The third-order valence-corrected chi connectivity index (χ3v) is 11.3. The van der Waals surface area contributed by atoms with Gasteiger partial charge in [-0.2, -0.15) is 0 Å². The first kappa shape index (κ1) is 32.0. The van der Waals surface area contributed by atoms with Crippen molar-refractivity contribution in [3.05, 3.63) is 218 Å². The predicted octanol–water partition coefficient (Wildman–Crippen LogP) is 14.5. The van der Waals surface area contributed by atoms with Crippen LogP contribution < -0.4 is 0 Å². The maximum atomic E-state index is 2.41. The maximum Gasteiger partial charge on any atom is 0.0541 e. The fourth-order valence-electron chi connectivity index (χ4n) is 8.61. The van der Waals surface area contributed by atoms with Crippen LogP contribution in [0.4, 0.5) is 0 Å². The van der Waals surface area contributed by atoms with Crippen LogP contribution in [0.15, 0.2) is 218 Å². The van der Waals surface area contributed by atoms with E-state index in [-0.39, 0.29) is 0 Å². The molecule has 0 unspecified atom stereocenters. The molecule has 0 bridgehead atoms. The minimum Gasteiger partial charge on any atom is -0.309 e. The van der Waals surface area contributed by atoms with Gasteiger partial charge in [0, 0.05) is 32.9 Å². The zero-order chi connectivity index (χ0) is 37.0. The number of rotatable bonds is 6. The molecule has 9 aromatic carbocycles. The molecule has 0 N–H and O–H groups in total. The van der Waals surface area contributed by atoms with E-state index in [4.69, 9.17) is 0 Å². The van der Waals surface area contributed by atoms with Crippen LogP contribution in [0, 0.1) is 0 Å². The fourth-order valence-corrected chi connectivity index (χ4v) is 8.61. The summed E-state index contributed by atoms with van der Waals surface area (Å²) in [6.45, 7) is 0. The Morgan fingerprint density at radius 3 is 1.09 bits per heavy atom. The zero-order valence-corrected chi connectivity index (χ0v) is 30.7. The normalized spacial score (nSPS) is 11.6. The maximum absolute atomic E-state index is 2.41. The van der Waals surface area contributed by atoms with Crippen LogP contribution in [-0.4, -0.2) is 9.13 Å². The number of nitrogens with zero attached hydrogens (tertiary/aromatic N) is 2. The van der Waals surface area contributed by atoms with Crippen molar-refractivity contribution in [3.8, 4) is 55.9 Å². The number of fused-ring (bicyclic) bond motifs is 6. The van der Waals surface area contributed by atoms with Gasteiger partial charge in [-0.1, -0.05) is 158 Å². The Kier molecular flexibility index (Phi) is 7.53. The van der Waals surface area contributed by atoms with Crippen molar-refractivity contribution < 1.29 is 0 Å². The van der Waals surface area contributed by atoms with E-state index in [0.717, 1.165) is 11.4 Å². The molecule has 2 nitrogen and oxygen atoms in total. The van der Waals surface area contributed by atoms with Crippen molar-refractivity contribution in [3.63, 3.8) is 0 Å². The summed E-state index contributed by atoms with van der Waals surface area (Å²) in [6, 6.07) is 79.4. The molecule has 2 aromatic heterocycles. The van der Waals surface area contributed by atoms with E-state index in [0.29, 0.717) is 0 Å². The summed E-state index contributed by atoms with van der Waals surface area (Å²) in [5, 5.41) is 5.00. The van der Waals surface area contributed by atoms with Crippen molar-refractivity contribution >= 4 is 43.6 Å². The Hall–Kier alpha value is -7.42. The molecule has 2 heteroatoms. The lowest BCUT2D eigenvalue weighted by molar-refractivity contribution is 1.18. The van der Waals surface area contributed by atoms with Gasteiger partial charge in [-0.3, -0.25) is 0 Å².